The molecular formula is C11H21N3O3. The van der Waals surface area contributed by atoms with E-state index in [2.05, 4.69) is 10.2 Å². The highest BCUT2D eigenvalue weighted by atomic mass is 16.5. The summed E-state index contributed by atoms with van der Waals surface area (Å²) in [5.74, 6) is -0.0942. The molecule has 0 aliphatic carbocycles. The normalized spacial score (nSPS) is 30.4. The fraction of sp³-hybridized carbons (Fsp3) is 0.909. The van der Waals surface area contributed by atoms with Gasteiger partial charge in [-0.3, -0.25) is 9.69 Å². The van der Waals surface area contributed by atoms with Crippen LogP contribution in [0.3, 0.4) is 0 Å². The van der Waals surface area contributed by atoms with Crippen molar-refractivity contribution < 1.29 is 14.3 Å². The standard InChI is InChI=1S/C11H21N3O3/c12-11(1-6-17-9-11)10(15)13-2-3-14-4-7-16-8-5-14/h1-9,12H2,(H,13,15). The monoisotopic (exact) mass is 243 g/mol. The average Bonchev–Trinajstić information content (AvgIpc) is 2.79. The second kappa shape index (κ2) is 5.77. The molecular weight excluding hydrogens is 222 g/mol. The number of hydrogen-bond acceptors (Lipinski definition) is 5. The van der Waals surface area contributed by atoms with Crippen molar-refractivity contribution >= 4 is 5.91 Å². The Kier molecular flexibility index (Phi) is 4.33. The second-order valence-corrected chi connectivity index (χ2v) is 4.67. The molecule has 2 aliphatic heterocycles. The molecule has 0 radical (unpaired) electrons. The van der Waals surface area contributed by atoms with Gasteiger partial charge in [0.2, 0.25) is 5.91 Å². The number of carbonyl (C=O) groups excluding carboxylic acids is 1. The Balaban J connectivity index is 1.65. The zero-order chi connectivity index (χ0) is 12.1. The van der Waals surface area contributed by atoms with Crippen LogP contribution in [0.1, 0.15) is 6.42 Å². The molecule has 2 fully saturated rings. The van der Waals surface area contributed by atoms with Crippen molar-refractivity contribution in [3.05, 3.63) is 0 Å². The van der Waals surface area contributed by atoms with E-state index in [-0.39, 0.29) is 5.91 Å². The Bertz CT molecular complexity index is 261. The average molecular weight is 243 g/mol. The van der Waals surface area contributed by atoms with Crippen molar-refractivity contribution in [2.75, 3.05) is 52.6 Å². The molecule has 17 heavy (non-hydrogen) atoms. The number of amides is 1. The summed E-state index contributed by atoms with van der Waals surface area (Å²) in [6, 6.07) is 0. The number of ether oxygens (including phenoxy) is 2. The van der Waals surface area contributed by atoms with E-state index in [9.17, 15) is 4.79 Å². The van der Waals surface area contributed by atoms with Crippen LogP contribution in [0.2, 0.25) is 0 Å². The van der Waals surface area contributed by atoms with E-state index in [1.807, 2.05) is 0 Å². The van der Waals surface area contributed by atoms with E-state index in [4.69, 9.17) is 15.2 Å². The van der Waals surface area contributed by atoms with Crippen molar-refractivity contribution in [3.8, 4) is 0 Å². The molecule has 0 aromatic rings. The first-order valence-electron chi connectivity index (χ1n) is 6.16. The largest absolute Gasteiger partial charge is 0.379 e. The SMILES string of the molecule is NC1(C(=O)NCCN2CCOCC2)CCOC1. The zero-order valence-electron chi connectivity index (χ0n) is 10.1. The number of nitrogens with zero attached hydrogens (tertiary/aromatic N) is 1. The summed E-state index contributed by atoms with van der Waals surface area (Å²) in [5.41, 5.74) is 5.14. The Morgan fingerprint density at radius 1 is 1.29 bits per heavy atom. The molecule has 6 heteroatoms. The Hall–Kier alpha value is -0.690. The van der Waals surface area contributed by atoms with Crippen molar-refractivity contribution in [3.63, 3.8) is 0 Å². The predicted octanol–water partition coefficient (Wildman–Crippen LogP) is -1.45. The van der Waals surface area contributed by atoms with Crippen LogP contribution < -0.4 is 11.1 Å². The maximum absolute atomic E-state index is 11.8. The fourth-order valence-corrected chi connectivity index (χ4v) is 2.09. The van der Waals surface area contributed by atoms with Gasteiger partial charge in [0.15, 0.2) is 0 Å². The van der Waals surface area contributed by atoms with Gasteiger partial charge in [0.1, 0.15) is 5.54 Å². The van der Waals surface area contributed by atoms with Crippen LogP contribution >= 0.6 is 0 Å². The highest BCUT2D eigenvalue weighted by Crippen LogP contribution is 2.15. The third-order valence-electron chi connectivity index (χ3n) is 3.32. The van der Waals surface area contributed by atoms with Crippen molar-refractivity contribution in [1.82, 2.24) is 10.2 Å². The van der Waals surface area contributed by atoms with Gasteiger partial charge in [-0.05, 0) is 6.42 Å². The molecule has 1 unspecified atom stereocenters. The first-order valence-corrected chi connectivity index (χ1v) is 6.16. The smallest absolute Gasteiger partial charge is 0.242 e. The molecule has 0 bridgehead atoms. The van der Waals surface area contributed by atoms with Gasteiger partial charge in [0.25, 0.3) is 0 Å². The third kappa shape index (κ3) is 3.38. The Labute approximate surface area is 101 Å². The van der Waals surface area contributed by atoms with Crippen LogP contribution in [-0.2, 0) is 14.3 Å². The molecule has 2 rings (SSSR count). The highest BCUT2D eigenvalue weighted by Gasteiger charge is 2.37. The molecule has 1 atom stereocenters. The second-order valence-electron chi connectivity index (χ2n) is 4.67. The van der Waals surface area contributed by atoms with Gasteiger partial charge in [-0.1, -0.05) is 0 Å². The van der Waals surface area contributed by atoms with Crippen LogP contribution in [0, 0.1) is 0 Å². The number of morpholine rings is 1. The molecule has 98 valence electrons. The molecule has 1 amide bonds. The molecule has 0 saturated carbocycles. The van der Waals surface area contributed by atoms with Crippen LogP contribution in [-0.4, -0.2) is 69.0 Å². The molecule has 0 aromatic heterocycles. The van der Waals surface area contributed by atoms with Crippen molar-refractivity contribution in [2.45, 2.75) is 12.0 Å². The van der Waals surface area contributed by atoms with Gasteiger partial charge in [-0.25, -0.2) is 0 Å². The van der Waals surface area contributed by atoms with Crippen LogP contribution in [0.5, 0.6) is 0 Å². The van der Waals surface area contributed by atoms with Gasteiger partial charge in [0, 0.05) is 32.8 Å². The number of nitrogens with one attached hydrogen (secondary N) is 1. The maximum atomic E-state index is 11.8. The minimum Gasteiger partial charge on any atom is -0.379 e. The molecule has 3 N–H and O–H groups in total. The first-order chi connectivity index (χ1) is 8.21. The van der Waals surface area contributed by atoms with Crippen LogP contribution in [0.25, 0.3) is 0 Å². The topological polar surface area (TPSA) is 76.8 Å². The fourth-order valence-electron chi connectivity index (χ4n) is 2.09. The lowest BCUT2D eigenvalue weighted by molar-refractivity contribution is -0.126. The molecule has 2 heterocycles. The lowest BCUT2D eigenvalue weighted by atomic mass is 9.99. The lowest BCUT2D eigenvalue weighted by Crippen LogP contribution is -2.55. The number of nitrogens with two attached hydrogens (primary N) is 1. The number of carbonyl (C=O) groups is 1. The summed E-state index contributed by atoms with van der Waals surface area (Å²) < 4.78 is 10.4. The number of hydrogen-bond donors (Lipinski definition) is 2. The molecule has 2 saturated heterocycles. The summed E-state index contributed by atoms with van der Waals surface area (Å²) in [6.07, 6.45) is 0.608. The van der Waals surface area contributed by atoms with Crippen LogP contribution in [0.4, 0.5) is 0 Å². The van der Waals surface area contributed by atoms with E-state index < -0.39 is 5.54 Å². The molecule has 2 aliphatic rings. The van der Waals surface area contributed by atoms with Gasteiger partial charge in [-0.2, -0.15) is 0 Å². The Morgan fingerprint density at radius 2 is 2.06 bits per heavy atom. The maximum Gasteiger partial charge on any atom is 0.242 e. The summed E-state index contributed by atoms with van der Waals surface area (Å²) in [6.45, 7) is 5.83. The minimum atomic E-state index is -0.814. The summed E-state index contributed by atoms with van der Waals surface area (Å²) in [4.78, 5) is 14.1. The van der Waals surface area contributed by atoms with Gasteiger partial charge >= 0.3 is 0 Å². The van der Waals surface area contributed by atoms with E-state index in [0.29, 0.717) is 26.2 Å². The van der Waals surface area contributed by atoms with E-state index in [1.165, 1.54) is 0 Å². The third-order valence-corrected chi connectivity index (χ3v) is 3.32. The lowest BCUT2D eigenvalue weighted by Gasteiger charge is -2.27. The highest BCUT2D eigenvalue weighted by molar-refractivity contribution is 5.86. The van der Waals surface area contributed by atoms with E-state index in [1.54, 1.807) is 0 Å². The molecule has 0 spiro atoms. The zero-order valence-corrected chi connectivity index (χ0v) is 10.1. The minimum absolute atomic E-state index is 0.0942. The van der Waals surface area contributed by atoms with Crippen molar-refractivity contribution in [1.29, 1.82) is 0 Å². The summed E-state index contributed by atoms with van der Waals surface area (Å²) in [7, 11) is 0. The van der Waals surface area contributed by atoms with E-state index in [0.717, 1.165) is 32.8 Å². The van der Waals surface area contributed by atoms with Gasteiger partial charge in [-0.15, -0.1) is 0 Å². The predicted molar refractivity (Wildman–Crippen MR) is 62.6 cm³/mol. The number of rotatable bonds is 4. The Morgan fingerprint density at radius 3 is 2.71 bits per heavy atom. The van der Waals surface area contributed by atoms with Gasteiger partial charge in [0.05, 0.1) is 19.8 Å². The molecule has 6 nitrogen and oxygen atoms in total. The van der Waals surface area contributed by atoms with E-state index >= 15 is 0 Å². The summed E-state index contributed by atoms with van der Waals surface area (Å²) in [5, 5.41) is 2.89. The first kappa shape index (κ1) is 12.8. The quantitative estimate of drug-likeness (QED) is 0.632. The van der Waals surface area contributed by atoms with Crippen molar-refractivity contribution in [2.24, 2.45) is 5.73 Å². The van der Waals surface area contributed by atoms with Crippen LogP contribution in [0.15, 0.2) is 0 Å². The molecule has 0 aromatic carbocycles. The summed E-state index contributed by atoms with van der Waals surface area (Å²) >= 11 is 0. The van der Waals surface area contributed by atoms with Gasteiger partial charge < -0.3 is 20.5 Å².